The lowest BCUT2D eigenvalue weighted by Crippen LogP contribution is -2.02. The van der Waals surface area contributed by atoms with Gasteiger partial charge in [-0.3, -0.25) is 0 Å². The molecule has 0 spiro atoms. The zero-order chi connectivity index (χ0) is 13.8. The van der Waals surface area contributed by atoms with E-state index < -0.39 is 4.92 Å². The van der Waals surface area contributed by atoms with Crippen molar-refractivity contribution in [1.29, 1.82) is 0 Å². The van der Waals surface area contributed by atoms with Crippen LogP contribution < -0.4 is 0 Å². The Morgan fingerprint density at radius 1 is 1.32 bits per heavy atom. The van der Waals surface area contributed by atoms with Crippen LogP contribution in [0.2, 0.25) is 0 Å². The molecule has 0 fully saturated rings. The second-order valence-electron chi connectivity index (χ2n) is 5.05. The van der Waals surface area contributed by atoms with E-state index in [-0.39, 0.29) is 5.82 Å². The van der Waals surface area contributed by atoms with Crippen LogP contribution in [0.3, 0.4) is 0 Å². The number of aromatic nitrogens is 2. The predicted octanol–water partition coefficient (Wildman–Crippen LogP) is 3.04. The van der Waals surface area contributed by atoms with Crippen molar-refractivity contribution in [3.05, 3.63) is 57.8 Å². The smallest absolute Gasteiger partial charge is 0.358 e. The number of benzene rings is 1. The molecule has 100 valence electrons. The normalized spacial score (nSPS) is 10.9. The third kappa shape index (κ3) is 3.64. The average Bonchev–Trinajstić information content (AvgIpc) is 2.77. The molecule has 0 saturated carbocycles. The number of nitro groups is 1. The Labute approximate surface area is 112 Å². The third-order valence-electron chi connectivity index (χ3n) is 2.79. The molecule has 0 saturated heterocycles. The second-order valence-corrected chi connectivity index (χ2v) is 5.05. The summed E-state index contributed by atoms with van der Waals surface area (Å²) in [5.74, 6) is 0.499. The van der Waals surface area contributed by atoms with E-state index in [2.05, 4.69) is 31.1 Å². The molecule has 0 atom stereocenters. The second kappa shape index (κ2) is 5.65. The van der Waals surface area contributed by atoms with Gasteiger partial charge in [-0.05, 0) is 28.4 Å². The van der Waals surface area contributed by atoms with Crippen molar-refractivity contribution in [2.75, 3.05) is 0 Å². The van der Waals surface area contributed by atoms with Crippen LogP contribution in [-0.4, -0.2) is 14.7 Å². The summed E-state index contributed by atoms with van der Waals surface area (Å²) in [6, 6.07) is 9.68. The summed E-state index contributed by atoms with van der Waals surface area (Å²) in [6.07, 6.45) is 2.67. The van der Waals surface area contributed by atoms with Gasteiger partial charge in [0.15, 0.2) is 0 Å². The van der Waals surface area contributed by atoms with Gasteiger partial charge in [0, 0.05) is 0 Å². The summed E-state index contributed by atoms with van der Waals surface area (Å²) in [7, 11) is 0. The average molecular weight is 259 g/mol. The van der Waals surface area contributed by atoms with Gasteiger partial charge in [0.1, 0.15) is 0 Å². The van der Waals surface area contributed by atoms with Crippen LogP contribution in [0, 0.1) is 16.0 Å². The zero-order valence-electron chi connectivity index (χ0n) is 11.1. The summed E-state index contributed by atoms with van der Waals surface area (Å²) in [4.78, 5) is 10.1. The van der Waals surface area contributed by atoms with E-state index in [9.17, 15) is 10.1 Å². The van der Waals surface area contributed by atoms with Crippen LogP contribution in [0.25, 0.3) is 0 Å². The molecule has 5 heteroatoms. The Hall–Kier alpha value is -2.17. The van der Waals surface area contributed by atoms with E-state index in [1.54, 1.807) is 10.9 Å². The summed E-state index contributed by atoms with van der Waals surface area (Å²) >= 11 is 0. The van der Waals surface area contributed by atoms with Gasteiger partial charge in [0.2, 0.25) is 0 Å². The van der Waals surface area contributed by atoms with Crippen molar-refractivity contribution in [2.24, 2.45) is 5.92 Å². The van der Waals surface area contributed by atoms with Crippen LogP contribution in [0.1, 0.15) is 25.0 Å². The minimum Gasteiger partial charge on any atom is -0.358 e. The SMILES string of the molecule is CC(C)Cc1cccc(Cn2ccc([N+](=O)[O-])n2)c1. The van der Waals surface area contributed by atoms with Crippen LogP contribution in [0.15, 0.2) is 36.5 Å². The largest absolute Gasteiger partial charge is 0.389 e. The van der Waals surface area contributed by atoms with Gasteiger partial charge in [0.05, 0.1) is 23.9 Å². The number of rotatable bonds is 5. The summed E-state index contributed by atoms with van der Waals surface area (Å²) < 4.78 is 1.59. The zero-order valence-corrected chi connectivity index (χ0v) is 11.1. The Kier molecular flexibility index (Phi) is 3.94. The topological polar surface area (TPSA) is 61.0 Å². The highest BCUT2D eigenvalue weighted by Crippen LogP contribution is 2.13. The first-order valence-electron chi connectivity index (χ1n) is 6.30. The standard InChI is InChI=1S/C14H17N3O2/c1-11(2)8-12-4-3-5-13(9-12)10-16-7-6-14(15-16)17(18)19/h3-7,9,11H,8,10H2,1-2H3. The van der Waals surface area contributed by atoms with Gasteiger partial charge >= 0.3 is 5.82 Å². The summed E-state index contributed by atoms with van der Waals surface area (Å²) in [6.45, 7) is 4.92. The van der Waals surface area contributed by atoms with E-state index in [4.69, 9.17) is 0 Å². The van der Waals surface area contributed by atoms with Gasteiger partial charge in [-0.2, -0.15) is 4.68 Å². The quantitative estimate of drug-likeness (QED) is 0.612. The van der Waals surface area contributed by atoms with Gasteiger partial charge in [-0.15, -0.1) is 0 Å². The maximum absolute atomic E-state index is 10.6. The van der Waals surface area contributed by atoms with Gasteiger partial charge < -0.3 is 10.1 Å². The molecule has 0 unspecified atom stereocenters. The molecule has 0 radical (unpaired) electrons. The lowest BCUT2D eigenvalue weighted by molar-refractivity contribution is -0.389. The molecule has 0 amide bonds. The summed E-state index contributed by atoms with van der Waals surface area (Å²) in [5, 5.41) is 14.5. The highest BCUT2D eigenvalue weighted by Gasteiger charge is 2.11. The Morgan fingerprint density at radius 3 is 2.68 bits per heavy atom. The molecule has 2 aromatic rings. The lowest BCUT2D eigenvalue weighted by atomic mass is 10.0. The molecule has 2 rings (SSSR count). The summed E-state index contributed by atoms with van der Waals surface area (Å²) in [5.41, 5.74) is 2.39. The van der Waals surface area contributed by atoms with E-state index in [0.717, 1.165) is 12.0 Å². The number of nitrogens with zero attached hydrogens (tertiary/aromatic N) is 3. The van der Waals surface area contributed by atoms with E-state index in [1.807, 2.05) is 12.1 Å². The lowest BCUT2D eigenvalue weighted by Gasteiger charge is -2.06. The van der Waals surface area contributed by atoms with Crippen LogP contribution >= 0.6 is 0 Å². The van der Waals surface area contributed by atoms with Crippen molar-refractivity contribution in [1.82, 2.24) is 9.78 Å². The highest BCUT2D eigenvalue weighted by molar-refractivity contribution is 5.24. The molecular formula is C14H17N3O2. The molecule has 19 heavy (non-hydrogen) atoms. The van der Waals surface area contributed by atoms with Gasteiger partial charge in [0.25, 0.3) is 0 Å². The van der Waals surface area contributed by atoms with Crippen LogP contribution in [0.4, 0.5) is 5.82 Å². The Balaban J connectivity index is 2.11. The fraction of sp³-hybridized carbons (Fsp3) is 0.357. The van der Waals surface area contributed by atoms with Crippen molar-refractivity contribution in [2.45, 2.75) is 26.8 Å². The van der Waals surface area contributed by atoms with E-state index in [0.29, 0.717) is 12.5 Å². The van der Waals surface area contributed by atoms with E-state index >= 15 is 0 Å². The maximum atomic E-state index is 10.6. The molecule has 0 aliphatic heterocycles. The molecule has 0 aliphatic rings. The number of hydrogen-bond donors (Lipinski definition) is 0. The van der Waals surface area contributed by atoms with Crippen molar-refractivity contribution >= 4 is 5.82 Å². The highest BCUT2D eigenvalue weighted by atomic mass is 16.6. The first kappa shape index (κ1) is 13.3. The Bertz CT molecular complexity index is 576. The minimum atomic E-state index is -0.480. The molecule has 0 N–H and O–H groups in total. The van der Waals surface area contributed by atoms with Crippen LogP contribution in [0.5, 0.6) is 0 Å². The molecule has 1 aromatic carbocycles. The van der Waals surface area contributed by atoms with Crippen molar-refractivity contribution < 1.29 is 4.92 Å². The number of hydrogen-bond acceptors (Lipinski definition) is 3. The third-order valence-corrected chi connectivity index (χ3v) is 2.79. The van der Waals surface area contributed by atoms with Gasteiger partial charge in [-0.25, -0.2) is 0 Å². The molecule has 0 aliphatic carbocycles. The fourth-order valence-corrected chi connectivity index (χ4v) is 2.05. The van der Waals surface area contributed by atoms with Crippen LogP contribution in [-0.2, 0) is 13.0 Å². The molecular weight excluding hydrogens is 242 g/mol. The molecule has 1 aromatic heterocycles. The van der Waals surface area contributed by atoms with Crippen molar-refractivity contribution in [3.63, 3.8) is 0 Å². The first-order chi connectivity index (χ1) is 9.04. The van der Waals surface area contributed by atoms with Gasteiger partial charge in [-0.1, -0.05) is 38.1 Å². The van der Waals surface area contributed by atoms with E-state index in [1.165, 1.54) is 11.6 Å². The minimum absolute atomic E-state index is 0.113. The molecule has 0 bridgehead atoms. The first-order valence-corrected chi connectivity index (χ1v) is 6.30. The fourth-order valence-electron chi connectivity index (χ4n) is 2.05. The predicted molar refractivity (Wildman–Crippen MR) is 73.0 cm³/mol. The molecule has 1 heterocycles. The Morgan fingerprint density at radius 2 is 2.05 bits per heavy atom. The molecule has 5 nitrogen and oxygen atoms in total. The maximum Gasteiger partial charge on any atom is 0.389 e. The monoisotopic (exact) mass is 259 g/mol. The van der Waals surface area contributed by atoms with Crippen molar-refractivity contribution in [3.8, 4) is 0 Å².